The number of anilines is 3. The third-order valence-corrected chi connectivity index (χ3v) is 5.47. The van der Waals surface area contributed by atoms with Crippen LogP contribution in [0.5, 0.6) is 0 Å². The molecule has 1 aromatic carbocycles. The molecule has 0 aliphatic carbocycles. The van der Waals surface area contributed by atoms with Gasteiger partial charge >= 0.3 is 6.09 Å². The van der Waals surface area contributed by atoms with Crippen LogP contribution in [0.3, 0.4) is 0 Å². The van der Waals surface area contributed by atoms with E-state index in [4.69, 9.17) is 0 Å². The molecule has 164 valence electrons. The Hall–Kier alpha value is -4.53. The Morgan fingerprint density at radius 3 is 2.55 bits per heavy atom. The molecule has 0 saturated heterocycles. The van der Waals surface area contributed by atoms with E-state index in [1.807, 2.05) is 6.07 Å². The average Bonchev–Trinajstić information content (AvgIpc) is 3.19. The SMILES string of the molecule is CN(C)c1cc(-c2cccnc2)c(N(C(=O)O)c2ccnc3[nH]c4cnccc4c23)cc1F. The van der Waals surface area contributed by atoms with Gasteiger partial charge in [-0.3, -0.25) is 9.97 Å². The van der Waals surface area contributed by atoms with Crippen LogP contribution in [0.15, 0.2) is 67.4 Å². The lowest BCUT2D eigenvalue weighted by Crippen LogP contribution is -2.25. The molecule has 5 aromatic rings. The minimum Gasteiger partial charge on any atom is -0.464 e. The van der Waals surface area contributed by atoms with Crippen LogP contribution in [0, 0.1) is 5.82 Å². The van der Waals surface area contributed by atoms with Crippen molar-refractivity contribution < 1.29 is 14.3 Å². The maximum absolute atomic E-state index is 15.1. The number of aromatic nitrogens is 4. The zero-order valence-corrected chi connectivity index (χ0v) is 17.8. The second kappa shape index (κ2) is 7.86. The van der Waals surface area contributed by atoms with Gasteiger partial charge in [0.2, 0.25) is 0 Å². The number of carboxylic acid groups (broad SMARTS) is 1. The number of benzene rings is 1. The number of rotatable bonds is 4. The van der Waals surface area contributed by atoms with E-state index in [0.717, 1.165) is 15.8 Å². The van der Waals surface area contributed by atoms with E-state index in [-0.39, 0.29) is 5.69 Å². The number of hydrogen-bond acceptors (Lipinski definition) is 5. The molecule has 9 heteroatoms. The molecule has 1 amide bonds. The standard InChI is InChI=1S/C24H19FN6O2/c1-30(2)21-10-16(14-4-3-7-26-12-14)20(11-17(21)25)31(24(32)33)19-6-9-28-23-22(19)15-5-8-27-13-18(15)29-23/h3-13H,1-2H3,(H,28,29)(H,32,33). The summed E-state index contributed by atoms with van der Waals surface area (Å²) in [5.74, 6) is -0.540. The number of halogens is 1. The van der Waals surface area contributed by atoms with E-state index in [1.165, 1.54) is 12.3 Å². The summed E-state index contributed by atoms with van der Waals surface area (Å²) in [6.45, 7) is 0. The number of H-pyrrole nitrogens is 1. The van der Waals surface area contributed by atoms with Crippen molar-refractivity contribution in [3.05, 3.63) is 73.2 Å². The highest BCUT2D eigenvalue weighted by molar-refractivity contribution is 6.16. The van der Waals surface area contributed by atoms with E-state index in [1.54, 1.807) is 68.0 Å². The molecule has 0 spiro atoms. The van der Waals surface area contributed by atoms with Gasteiger partial charge in [0.1, 0.15) is 11.5 Å². The molecule has 0 bridgehead atoms. The van der Waals surface area contributed by atoms with E-state index in [2.05, 4.69) is 19.9 Å². The number of fused-ring (bicyclic) bond motifs is 3. The molecule has 0 unspecified atom stereocenters. The second-order valence-corrected chi connectivity index (χ2v) is 7.67. The van der Waals surface area contributed by atoms with E-state index in [9.17, 15) is 9.90 Å². The molecule has 4 aromatic heterocycles. The minimum absolute atomic E-state index is 0.175. The van der Waals surface area contributed by atoms with Gasteiger partial charge in [-0.2, -0.15) is 0 Å². The molecule has 0 saturated carbocycles. The van der Waals surface area contributed by atoms with Crippen molar-refractivity contribution in [3.8, 4) is 11.1 Å². The fourth-order valence-corrected chi connectivity index (χ4v) is 4.01. The van der Waals surface area contributed by atoms with Gasteiger partial charge in [0.15, 0.2) is 0 Å². The van der Waals surface area contributed by atoms with Crippen LogP contribution in [0.4, 0.5) is 26.2 Å². The number of pyridine rings is 3. The Labute approximate surface area is 188 Å². The van der Waals surface area contributed by atoms with Crippen LogP contribution in [0.2, 0.25) is 0 Å². The molecule has 0 atom stereocenters. The normalized spacial score (nSPS) is 11.1. The van der Waals surface area contributed by atoms with Crippen LogP contribution in [0.25, 0.3) is 33.1 Å². The van der Waals surface area contributed by atoms with Crippen molar-refractivity contribution in [2.45, 2.75) is 0 Å². The third-order valence-electron chi connectivity index (χ3n) is 5.47. The topological polar surface area (TPSA) is 98.2 Å². The lowest BCUT2D eigenvalue weighted by molar-refractivity contribution is 0.205. The number of aromatic amines is 1. The molecule has 0 aliphatic rings. The maximum Gasteiger partial charge on any atom is 0.416 e. The summed E-state index contributed by atoms with van der Waals surface area (Å²) in [4.78, 5) is 31.2. The summed E-state index contributed by atoms with van der Waals surface area (Å²) >= 11 is 0. The van der Waals surface area contributed by atoms with Crippen LogP contribution in [-0.4, -0.2) is 45.2 Å². The van der Waals surface area contributed by atoms with Gasteiger partial charge < -0.3 is 15.0 Å². The molecule has 5 rings (SSSR count). The predicted octanol–water partition coefficient (Wildman–Crippen LogP) is 5.19. The Morgan fingerprint density at radius 1 is 1.00 bits per heavy atom. The maximum atomic E-state index is 15.1. The highest BCUT2D eigenvalue weighted by atomic mass is 19.1. The first-order valence-electron chi connectivity index (χ1n) is 10.1. The third kappa shape index (κ3) is 3.39. The number of nitrogens with one attached hydrogen (secondary N) is 1. The van der Waals surface area contributed by atoms with Crippen LogP contribution in [0.1, 0.15) is 0 Å². The Kier molecular flexibility index (Phi) is 4.86. The van der Waals surface area contributed by atoms with Gasteiger partial charge in [0, 0.05) is 61.5 Å². The molecule has 4 heterocycles. The highest BCUT2D eigenvalue weighted by Crippen LogP contribution is 2.42. The van der Waals surface area contributed by atoms with E-state index >= 15 is 4.39 Å². The van der Waals surface area contributed by atoms with Crippen molar-refractivity contribution in [3.63, 3.8) is 0 Å². The minimum atomic E-state index is -1.26. The van der Waals surface area contributed by atoms with Gasteiger partial charge in [-0.05, 0) is 24.3 Å². The summed E-state index contributed by atoms with van der Waals surface area (Å²) in [6, 6.07) is 9.83. The lowest BCUT2D eigenvalue weighted by Gasteiger charge is -2.25. The Balaban J connectivity index is 1.84. The molecule has 33 heavy (non-hydrogen) atoms. The van der Waals surface area contributed by atoms with Crippen LogP contribution < -0.4 is 9.80 Å². The number of carbonyl (C=O) groups is 1. The number of hydrogen-bond donors (Lipinski definition) is 2. The molecule has 0 radical (unpaired) electrons. The lowest BCUT2D eigenvalue weighted by atomic mass is 10.0. The zero-order chi connectivity index (χ0) is 23.1. The Morgan fingerprint density at radius 2 is 1.82 bits per heavy atom. The average molecular weight is 442 g/mol. The summed E-state index contributed by atoms with van der Waals surface area (Å²) in [7, 11) is 3.46. The summed E-state index contributed by atoms with van der Waals surface area (Å²) in [6.07, 6.45) is 6.79. The van der Waals surface area contributed by atoms with Gasteiger partial charge in [-0.15, -0.1) is 0 Å². The van der Waals surface area contributed by atoms with Crippen molar-refractivity contribution in [2.75, 3.05) is 23.9 Å². The van der Waals surface area contributed by atoms with Gasteiger partial charge in [-0.25, -0.2) is 19.1 Å². The fraction of sp³-hybridized carbons (Fsp3) is 0.0833. The molecule has 8 nitrogen and oxygen atoms in total. The molecule has 0 aliphatic heterocycles. The highest BCUT2D eigenvalue weighted by Gasteiger charge is 2.26. The second-order valence-electron chi connectivity index (χ2n) is 7.67. The first-order chi connectivity index (χ1) is 16.0. The molecule has 0 fully saturated rings. The van der Waals surface area contributed by atoms with Crippen LogP contribution in [-0.2, 0) is 0 Å². The monoisotopic (exact) mass is 442 g/mol. The first kappa shape index (κ1) is 20.4. The smallest absolute Gasteiger partial charge is 0.416 e. The first-order valence-corrected chi connectivity index (χ1v) is 10.1. The van der Waals surface area contributed by atoms with Crippen molar-refractivity contribution in [1.29, 1.82) is 0 Å². The predicted molar refractivity (Wildman–Crippen MR) is 126 cm³/mol. The molecule has 2 N–H and O–H groups in total. The van der Waals surface area contributed by atoms with E-state index < -0.39 is 11.9 Å². The summed E-state index contributed by atoms with van der Waals surface area (Å²) in [5, 5.41) is 11.7. The number of amides is 1. The fourth-order valence-electron chi connectivity index (χ4n) is 4.01. The van der Waals surface area contributed by atoms with Gasteiger partial charge in [-0.1, -0.05) is 6.07 Å². The molecular formula is C24H19FN6O2. The van der Waals surface area contributed by atoms with Gasteiger partial charge in [0.25, 0.3) is 0 Å². The summed E-state index contributed by atoms with van der Waals surface area (Å²) < 4.78 is 15.1. The summed E-state index contributed by atoms with van der Waals surface area (Å²) in [5.41, 5.74) is 3.29. The number of nitrogens with zero attached hydrogens (tertiary/aromatic N) is 5. The quantitative estimate of drug-likeness (QED) is 0.397. The van der Waals surface area contributed by atoms with E-state index in [0.29, 0.717) is 33.5 Å². The van der Waals surface area contributed by atoms with Gasteiger partial charge in [0.05, 0.1) is 34.2 Å². The largest absolute Gasteiger partial charge is 0.464 e. The Bertz CT molecular complexity index is 1500. The van der Waals surface area contributed by atoms with Crippen LogP contribution >= 0.6 is 0 Å². The zero-order valence-electron chi connectivity index (χ0n) is 17.8. The van der Waals surface area contributed by atoms with Crippen molar-refractivity contribution in [1.82, 2.24) is 19.9 Å². The van der Waals surface area contributed by atoms with Crippen molar-refractivity contribution >= 4 is 45.1 Å². The molecular weight excluding hydrogens is 423 g/mol. The van der Waals surface area contributed by atoms with Crippen molar-refractivity contribution in [2.24, 2.45) is 0 Å².